The lowest BCUT2D eigenvalue weighted by Crippen LogP contribution is -2.55. The number of aromatic nitrogens is 1. The van der Waals surface area contributed by atoms with Crippen LogP contribution in [0, 0.1) is 0 Å². The summed E-state index contributed by atoms with van der Waals surface area (Å²) in [5.41, 5.74) is 0. The normalized spacial score (nSPS) is 19.2. The molecule has 1 fully saturated rings. The predicted molar refractivity (Wildman–Crippen MR) is 75.0 cm³/mol. The van der Waals surface area contributed by atoms with Gasteiger partial charge in [-0.3, -0.25) is 0 Å². The molecule has 1 unspecified atom stereocenters. The summed E-state index contributed by atoms with van der Waals surface area (Å²) in [6, 6.07) is 6.23. The number of fused-ring (bicyclic) bond motifs is 1. The largest absolute Gasteiger partial charge is 0.508 e. The zero-order chi connectivity index (χ0) is 14.1. The lowest BCUT2D eigenvalue weighted by atomic mass is 10.1. The second-order valence-electron chi connectivity index (χ2n) is 4.79. The molecule has 2 heterocycles. The number of carbonyl (C=O) groups is 1. The molecule has 3 rings (SSSR count). The quantitative estimate of drug-likeness (QED) is 0.750. The molecule has 0 amide bonds. The Labute approximate surface area is 115 Å². The van der Waals surface area contributed by atoms with Crippen molar-refractivity contribution in [3.63, 3.8) is 0 Å². The average molecular weight is 273 g/mol. The van der Waals surface area contributed by atoms with Crippen LogP contribution < -0.4 is 10.2 Å². The Hall–Kier alpha value is -2.34. The highest BCUT2D eigenvalue weighted by Crippen LogP contribution is 2.29. The minimum Gasteiger partial charge on any atom is -0.508 e. The fourth-order valence-corrected chi connectivity index (χ4v) is 2.55. The molecular weight excluding hydrogens is 258 g/mol. The van der Waals surface area contributed by atoms with Crippen LogP contribution in [0.4, 0.5) is 5.82 Å². The molecule has 20 heavy (non-hydrogen) atoms. The van der Waals surface area contributed by atoms with E-state index in [2.05, 4.69) is 10.3 Å². The minimum absolute atomic E-state index is 0.147. The van der Waals surface area contributed by atoms with Crippen LogP contribution in [0.15, 0.2) is 30.5 Å². The zero-order valence-electron chi connectivity index (χ0n) is 10.8. The first kappa shape index (κ1) is 12.7. The van der Waals surface area contributed by atoms with Gasteiger partial charge in [-0.25, -0.2) is 9.78 Å². The molecule has 2 aromatic rings. The third-order valence-corrected chi connectivity index (χ3v) is 3.53. The van der Waals surface area contributed by atoms with Gasteiger partial charge in [-0.1, -0.05) is 6.07 Å². The number of aliphatic carboxylic acids is 1. The number of aromatic hydroxyl groups is 1. The van der Waals surface area contributed by atoms with Gasteiger partial charge in [0.2, 0.25) is 0 Å². The summed E-state index contributed by atoms with van der Waals surface area (Å²) in [6.45, 7) is 1.66. The molecule has 3 N–H and O–H groups in total. The van der Waals surface area contributed by atoms with Crippen molar-refractivity contribution in [1.82, 2.24) is 10.3 Å². The second kappa shape index (κ2) is 4.97. The van der Waals surface area contributed by atoms with Gasteiger partial charge in [-0.15, -0.1) is 0 Å². The Morgan fingerprint density at radius 1 is 1.40 bits per heavy atom. The number of phenolic OH excluding ortho intramolecular Hbond substituents is 1. The lowest BCUT2D eigenvalue weighted by Gasteiger charge is -2.35. The number of benzene rings is 1. The van der Waals surface area contributed by atoms with Gasteiger partial charge >= 0.3 is 5.97 Å². The molecule has 1 saturated heterocycles. The number of nitrogens with zero attached hydrogens (tertiary/aromatic N) is 2. The Balaban J connectivity index is 2.12. The van der Waals surface area contributed by atoms with Crippen LogP contribution in [-0.4, -0.2) is 46.8 Å². The van der Waals surface area contributed by atoms with Crippen molar-refractivity contribution in [3.05, 3.63) is 30.5 Å². The van der Waals surface area contributed by atoms with E-state index < -0.39 is 12.0 Å². The van der Waals surface area contributed by atoms with E-state index in [1.807, 2.05) is 6.07 Å². The summed E-state index contributed by atoms with van der Waals surface area (Å²) in [6.07, 6.45) is 1.66. The number of pyridine rings is 1. The smallest absolute Gasteiger partial charge is 0.327 e. The number of anilines is 1. The fourth-order valence-electron chi connectivity index (χ4n) is 2.55. The number of carboxylic acids is 1. The Morgan fingerprint density at radius 2 is 2.25 bits per heavy atom. The molecule has 1 aliphatic rings. The van der Waals surface area contributed by atoms with E-state index in [4.69, 9.17) is 0 Å². The summed E-state index contributed by atoms with van der Waals surface area (Å²) in [4.78, 5) is 17.5. The molecule has 1 aliphatic heterocycles. The van der Waals surface area contributed by atoms with Gasteiger partial charge in [0.25, 0.3) is 0 Å². The van der Waals surface area contributed by atoms with E-state index in [0.29, 0.717) is 25.5 Å². The molecule has 1 atom stereocenters. The SMILES string of the molecule is O=C(O)C1CNCCN1c1nccc2ccc(O)cc12. The van der Waals surface area contributed by atoms with E-state index in [1.165, 1.54) is 0 Å². The molecule has 6 heteroatoms. The number of rotatable bonds is 2. The molecule has 104 valence electrons. The van der Waals surface area contributed by atoms with Gasteiger partial charge in [0.05, 0.1) is 0 Å². The van der Waals surface area contributed by atoms with E-state index in [1.54, 1.807) is 29.3 Å². The van der Waals surface area contributed by atoms with Crippen molar-refractivity contribution >= 4 is 22.6 Å². The number of carboxylic acid groups (broad SMARTS) is 1. The third-order valence-electron chi connectivity index (χ3n) is 3.53. The van der Waals surface area contributed by atoms with E-state index in [-0.39, 0.29) is 5.75 Å². The maximum atomic E-state index is 11.4. The molecule has 6 nitrogen and oxygen atoms in total. The minimum atomic E-state index is -0.879. The molecular formula is C14H15N3O3. The van der Waals surface area contributed by atoms with Gasteiger partial charge < -0.3 is 20.4 Å². The van der Waals surface area contributed by atoms with Crippen LogP contribution in [0.2, 0.25) is 0 Å². The summed E-state index contributed by atoms with van der Waals surface area (Å²) < 4.78 is 0. The molecule has 0 bridgehead atoms. The maximum Gasteiger partial charge on any atom is 0.327 e. The van der Waals surface area contributed by atoms with Crippen molar-refractivity contribution in [1.29, 1.82) is 0 Å². The van der Waals surface area contributed by atoms with Crippen molar-refractivity contribution in [3.8, 4) is 5.75 Å². The van der Waals surface area contributed by atoms with Gasteiger partial charge in [-0.05, 0) is 23.6 Å². The van der Waals surface area contributed by atoms with Crippen molar-refractivity contribution in [2.75, 3.05) is 24.5 Å². The topological polar surface area (TPSA) is 85.7 Å². The van der Waals surface area contributed by atoms with Gasteiger partial charge in [0.1, 0.15) is 17.6 Å². The first-order valence-electron chi connectivity index (χ1n) is 6.45. The maximum absolute atomic E-state index is 11.4. The van der Waals surface area contributed by atoms with Crippen LogP contribution in [-0.2, 0) is 4.79 Å². The monoisotopic (exact) mass is 273 g/mol. The highest BCUT2D eigenvalue weighted by molar-refractivity contribution is 5.94. The van der Waals surface area contributed by atoms with E-state index in [0.717, 1.165) is 10.8 Å². The van der Waals surface area contributed by atoms with Crippen molar-refractivity contribution < 1.29 is 15.0 Å². The molecule has 0 aliphatic carbocycles. The Morgan fingerprint density at radius 3 is 3.05 bits per heavy atom. The number of nitrogens with one attached hydrogen (secondary N) is 1. The first-order chi connectivity index (χ1) is 9.66. The standard InChI is InChI=1S/C14H15N3O3/c18-10-2-1-9-3-4-16-13(11(9)7-10)17-6-5-15-8-12(17)14(19)20/h1-4,7,12,15,18H,5-6,8H2,(H,19,20). The van der Waals surface area contributed by atoms with Gasteiger partial charge in [0, 0.05) is 31.2 Å². The van der Waals surface area contributed by atoms with E-state index >= 15 is 0 Å². The average Bonchev–Trinajstić information content (AvgIpc) is 2.46. The van der Waals surface area contributed by atoms with Crippen LogP contribution >= 0.6 is 0 Å². The number of hydrogen-bond donors (Lipinski definition) is 3. The van der Waals surface area contributed by atoms with Crippen LogP contribution in [0.1, 0.15) is 0 Å². The Kier molecular flexibility index (Phi) is 3.15. The summed E-state index contributed by atoms with van der Waals surface area (Å²) in [5, 5.41) is 23.8. The molecule has 0 saturated carbocycles. The van der Waals surface area contributed by atoms with Gasteiger partial charge in [-0.2, -0.15) is 0 Å². The first-order valence-corrected chi connectivity index (χ1v) is 6.45. The van der Waals surface area contributed by atoms with Crippen molar-refractivity contribution in [2.45, 2.75) is 6.04 Å². The lowest BCUT2D eigenvalue weighted by molar-refractivity contribution is -0.138. The fraction of sp³-hybridized carbons (Fsp3) is 0.286. The summed E-state index contributed by atoms with van der Waals surface area (Å²) >= 11 is 0. The van der Waals surface area contributed by atoms with Crippen molar-refractivity contribution in [2.24, 2.45) is 0 Å². The van der Waals surface area contributed by atoms with E-state index in [9.17, 15) is 15.0 Å². The summed E-state index contributed by atoms with van der Waals surface area (Å²) in [5.74, 6) is -0.128. The number of phenols is 1. The van der Waals surface area contributed by atoms with Gasteiger partial charge in [0.15, 0.2) is 0 Å². The molecule has 1 aromatic heterocycles. The summed E-state index contributed by atoms with van der Waals surface area (Å²) in [7, 11) is 0. The van der Waals surface area contributed by atoms with Crippen LogP contribution in [0.3, 0.4) is 0 Å². The molecule has 1 aromatic carbocycles. The Bertz CT molecular complexity index is 659. The predicted octanol–water partition coefficient (Wildman–Crippen LogP) is 0.803. The molecule has 0 radical (unpaired) electrons. The number of piperazine rings is 1. The third kappa shape index (κ3) is 2.14. The van der Waals surface area contributed by atoms with Crippen LogP contribution in [0.5, 0.6) is 5.75 Å². The number of hydrogen-bond acceptors (Lipinski definition) is 5. The second-order valence-corrected chi connectivity index (χ2v) is 4.79. The highest BCUT2D eigenvalue weighted by Gasteiger charge is 2.30. The molecule has 0 spiro atoms. The van der Waals surface area contributed by atoms with Crippen LogP contribution in [0.25, 0.3) is 10.8 Å². The highest BCUT2D eigenvalue weighted by atomic mass is 16.4. The zero-order valence-corrected chi connectivity index (χ0v) is 10.8.